The van der Waals surface area contributed by atoms with Crippen LogP contribution in [0.4, 0.5) is 11.5 Å². The van der Waals surface area contributed by atoms with Crippen molar-refractivity contribution >= 4 is 11.5 Å². The molecule has 0 radical (unpaired) electrons. The number of nitrogen functional groups attached to an aromatic ring is 1. The quantitative estimate of drug-likeness (QED) is 0.624. The Kier molecular flexibility index (Phi) is 5.09. The normalized spacial score (nSPS) is 9.75. The minimum atomic E-state index is 0.233. The zero-order valence-electron chi connectivity index (χ0n) is 9.11. The molecule has 0 aliphatic rings. The van der Waals surface area contributed by atoms with E-state index < -0.39 is 0 Å². The predicted molar refractivity (Wildman–Crippen MR) is 62.8 cm³/mol. The van der Waals surface area contributed by atoms with Crippen LogP contribution in [0.2, 0.25) is 0 Å². The van der Waals surface area contributed by atoms with E-state index in [0.29, 0.717) is 17.1 Å². The number of pyridine rings is 1. The first kappa shape index (κ1) is 12.3. The van der Waals surface area contributed by atoms with Crippen molar-refractivity contribution < 1.29 is 5.11 Å². The lowest BCUT2D eigenvalue weighted by Crippen LogP contribution is -2.06. The van der Waals surface area contributed by atoms with E-state index in [1.165, 1.54) is 6.20 Å². The number of hydrogen-bond acceptors (Lipinski definition) is 5. The van der Waals surface area contributed by atoms with Crippen molar-refractivity contribution in [2.75, 3.05) is 24.2 Å². The maximum atomic E-state index is 8.64. The Hall–Kier alpha value is -1.80. The number of rotatable bonds is 6. The molecule has 1 rings (SSSR count). The van der Waals surface area contributed by atoms with Gasteiger partial charge < -0.3 is 16.2 Å². The Morgan fingerprint density at radius 2 is 2.25 bits per heavy atom. The van der Waals surface area contributed by atoms with Crippen molar-refractivity contribution in [3.8, 4) is 6.07 Å². The number of unbranched alkanes of at least 4 members (excludes halogenated alkanes) is 2. The van der Waals surface area contributed by atoms with Crippen LogP contribution in [0.3, 0.4) is 0 Å². The molecule has 0 unspecified atom stereocenters. The summed E-state index contributed by atoms with van der Waals surface area (Å²) in [6, 6.07) is 3.58. The van der Waals surface area contributed by atoms with Crippen LogP contribution in [0.25, 0.3) is 0 Å². The summed E-state index contributed by atoms with van der Waals surface area (Å²) in [5, 5.41) is 20.3. The predicted octanol–water partition coefficient (Wildman–Crippen LogP) is 1.11. The highest BCUT2D eigenvalue weighted by Gasteiger charge is 2.01. The number of nitrogens with two attached hydrogens (primary N) is 1. The standard InChI is InChI=1S/C11H16N4O/c12-7-9-6-10(13)11(15-8-9)14-4-2-1-3-5-16/h6,8,16H,1-5,13H2,(H,14,15). The maximum absolute atomic E-state index is 8.64. The van der Waals surface area contributed by atoms with Crippen LogP contribution in [0.5, 0.6) is 0 Å². The summed E-state index contributed by atoms with van der Waals surface area (Å²) >= 11 is 0. The van der Waals surface area contributed by atoms with E-state index in [0.717, 1.165) is 25.8 Å². The van der Waals surface area contributed by atoms with Gasteiger partial charge >= 0.3 is 0 Å². The van der Waals surface area contributed by atoms with Gasteiger partial charge in [0, 0.05) is 19.3 Å². The number of aliphatic hydroxyl groups is 1. The molecule has 1 heterocycles. The van der Waals surface area contributed by atoms with E-state index >= 15 is 0 Å². The first-order valence-electron chi connectivity index (χ1n) is 5.28. The van der Waals surface area contributed by atoms with Crippen LogP contribution >= 0.6 is 0 Å². The van der Waals surface area contributed by atoms with Gasteiger partial charge in [-0.1, -0.05) is 0 Å². The Balaban J connectivity index is 2.40. The number of nitrogens with one attached hydrogen (secondary N) is 1. The van der Waals surface area contributed by atoms with Crippen LogP contribution in [0.1, 0.15) is 24.8 Å². The third-order valence-electron chi connectivity index (χ3n) is 2.17. The molecule has 5 heteroatoms. The zero-order valence-corrected chi connectivity index (χ0v) is 9.11. The third-order valence-corrected chi connectivity index (χ3v) is 2.17. The van der Waals surface area contributed by atoms with Gasteiger partial charge in [-0.3, -0.25) is 0 Å². The molecule has 0 aliphatic heterocycles. The van der Waals surface area contributed by atoms with Gasteiger partial charge in [0.2, 0.25) is 0 Å². The number of anilines is 2. The van der Waals surface area contributed by atoms with Gasteiger partial charge in [-0.05, 0) is 25.3 Å². The van der Waals surface area contributed by atoms with Gasteiger partial charge in [-0.2, -0.15) is 5.26 Å². The third kappa shape index (κ3) is 3.75. The van der Waals surface area contributed by atoms with Gasteiger partial charge in [0.1, 0.15) is 11.9 Å². The highest BCUT2D eigenvalue weighted by atomic mass is 16.2. The molecule has 0 aromatic carbocycles. The molecule has 0 saturated carbocycles. The Morgan fingerprint density at radius 3 is 2.88 bits per heavy atom. The fourth-order valence-electron chi connectivity index (χ4n) is 1.31. The highest BCUT2D eigenvalue weighted by Crippen LogP contribution is 2.15. The fraction of sp³-hybridized carbons (Fsp3) is 0.455. The minimum absolute atomic E-state index is 0.233. The van der Waals surface area contributed by atoms with E-state index in [4.69, 9.17) is 16.1 Å². The van der Waals surface area contributed by atoms with Crippen LogP contribution in [0, 0.1) is 11.3 Å². The first-order chi connectivity index (χ1) is 7.77. The van der Waals surface area contributed by atoms with Gasteiger partial charge in [-0.25, -0.2) is 4.98 Å². The first-order valence-corrected chi connectivity index (χ1v) is 5.28. The average Bonchev–Trinajstić information content (AvgIpc) is 2.30. The molecule has 0 spiro atoms. The van der Waals surface area contributed by atoms with E-state index in [1.54, 1.807) is 6.07 Å². The van der Waals surface area contributed by atoms with Crippen LogP contribution in [0.15, 0.2) is 12.3 Å². The molecule has 0 fully saturated rings. The highest BCUT2D eigenvalue weighted by molar-refractivity contribution is 5.62. The second kappa shape index (κ2) is 6.64. The summed E-state index contributed by atoms with van der Waals surface area (Å²) in [4.78, 5) is 4.06. The lowest BCUT2D eigenvalue weighted by atomic mass is 10.2. The van der Waals surface area contributed by atoms with E-state index in [-0.39, 0.29) is 6.61 Å². The summed E-state index contributed by atoms with van der Waals surface area (Å²) in [5.41, 5.74) is 6.67. The largest absolute Gasteiger partial charge is 0.396 e. The van der Waals surface area contributed by atoms with Crippen molar-refractivity contribution in [2.24, 2.45) is 0 Å². The smallest absolute Gasteiger partial charge is 0.149 e. The molecule has 0 atom stereocenters. The number of nitriles is 1. The van der Waals surface area contributed by atoms with Crippen LogP contribution < -0.4 is 11.1 Å². The Morgan fingerprint density at radius 1 is 1.44 bits per heavy atom. The Labute approximate surface area is 94.9 Å². The number of nitrogens with zero attached hydrogens (tertiary/aromatic N) is 2. The van der Waals surface area contributed by atoms with Crippen LogP contribution in [-0.2, 0) is 0 Å². The van der Waals surface area contributed by atoms with E-state index in [1.807, 2.05) is 6.07 Å². The van der Waals surface area contributed by atoms with Gasteiger partial charge in [0.25, 0.3) is 0 Å². The summed E-state index contributed by atoms with van der Waals surface area (Å²) in [6.45, 7) is 1.00. The molecule has 0 bridgehead atoms. The number of aliphatic hydroxyl groups excluding tert-OH is 1. The minimum Gasteiger partial charge on any atom is -0.396 e. The van der Waals surface area contributed by atoms with E-state index in [2.05, 4.69) is 10.3 Å². The van der Waals surface area contributed by atoms with Crippen molar-refractivity contribution in [1.82, 2.24) is 4.98 Å². The summed E-state index contributed by atoms with van der Waals surface area (Å²) in [7, 11) is 0. The van der Waals surface area contributed by atoms with Crippen molar-refractivity contribution in [2.45, 2.75) is 19.3 Å². The summed E-state index contributed by atoms with van der Waals surface area (Å²) < 4.78 is 0. The molecule has 0 saturated heterocycles. The fourth-order valence-corrected chi connectivity index (χ4v) is 1.31. The molecular formula is C11H16N4O. The van der Waals surface area contributed by atoms with Gasteiger partial charge in [-0.15, -0.1) is 0 Å². The molecule has 4 N–H and O–H groups in total. The van der Waals surface area contributed by atoms with E-state index in [9.17, 15) is 0 Å². The molecule has 16 heavy (non-hydrogen) atoms. The van der Waals surface area contributed by atoms with Crippen molar-refractivity contribution in [3.63, 3.8) is 0 Å². The summed E-state index contributed by atoms with van der Waals surface area (Å²) in [5.74, 6) is 0.614. The van der Waals surface area contributed by atoms with Crippen molar-refractivity contribution in [3.05, 3.63) is 17.8 Å². The number of hydrogen-bond donors (Lipinski definition) is 3. The maximum Gasteiger partial charge on any atom is 0.149 e. The second-order valence-corrected chi connectivity index (χ2v) is 3.48. The number of aromatic nitrogens is 1. The average molecular weight is 220 g/mol. The molecule has 5 nitrogen and oxygen atoms in total. The monoisotopic (exact) mass is 220 g/mol. The molecule has 0 aliphatic carbocycles. The topological polar surface area (TPSA) is 95.0 Å². The van der Waals surface area contributed by atoms with Crippen molar-refractivity contribution in [1.29, 1.82) is 5.26 Å². The molecular weight excluding hydrogens is 204 g/mol. The van der Waals surface area contributed by atoms with Crippen LogP contribution in [-0.4, -0.2) is 23.2 Å². The summed E-state index contributed by atoms with van der Waals surface area (Å²) in [6.07, 6.45) is 4.24. The Bertz CT molecular complexity index is 373. The van der Waals surface area contributed by atoms with Gasteiger partial charge in [0.15, 0.2) is 0 Å². The lowest BCUT2D eigenvalue weighted by Gasteiger charge is -2.07. The molecule has 86 valence electrons. The van der Waals surface area contributed by atoms with Gasteiger partial charge in [0.05, 0.1) is 11.3 Å². The SMILES string of the molecule is N#Cc1cnc(NCCCCCO)c(N)c1. The lowest BCUT2D eigenvalue weighted by molar-refractivity contribution is 0.283. The second-order valence-electron chi connectivity index (χ2n) is 3.48. The molecule has 1 aromatic heterocycles. The zero-order chi connectivity index (χ0) is 11.8. The molecule has 0 amide bonds. The molecule has 1 aromatic rings.